The lowest BCUT2D eigenvalue weighted by Crippen LogP contribution is -2.37. The van der Waals surface area contributed by atoms with Gasteiger partial charge in [0.25, 0.3) is 7.82 Å². The molecule has 9 nitrogen and oxygen atoms in total. The maximum atomic E-state index is 12.9. The van der Waals surface area contributed by atoms with Crippen molar-refractivity contribution in [3.8, 4) is 0 Å². The second-order valence-electron chi connectivity index (χ2n) is 28.8. The van der Waals surface area contributed by atoms with Gasteiger partial charge >= 0.3 is 11.9 Å². The number of phosphoric acid groups is 1. The van der Waals surface area contributed by atoms with Crippen LogP contribution in [0.1, 0.15) is 418 Å². The Balaban J connectivity index is 3.90. The van der Waals surface area contributed by atoms with Crippen molar-refractivity contribution in [1.29, 1.82) is 0 Å². The number of allylic oxidation sites excluding steroid dienone is 6. The van der Waals surface area contributed by atoms with Gasteiger partial charge in [-0.3, -0.25) is 14.2 Å². The molecule has 0 fully saturated rings. The van der Waals surface area contributed by atoms with Crippen LogP contribution in [0.2, 0.25) is 0 Å². The summed E-state index contributed by atoms with van der Waals surface area (Å²) in [5.41, 5.74) is 0. The molecular formula is C81H156NO8P. The number of nitrogens with zero attached hydrogens (tertiary/aromatic N) is 1. The Labute approximate surface area is 567 Å². The molecule has 0 aromatic rings. The smallest absolute Gasteiger partial charge is 0.306 e. The highest BCUT2D eigenvalue weighted by Crippen LogP contribution is 2.38. The van der Waals surface area contributed by atoms with E-state index in [1.807, 2.05) is 21.1 Å². The molecule has 0 aliphatic heterocycles. The molecule has 0 saturated carbocycles. The zero-order valence-electron chi connectivity index (χ0n) is 61.6. The minimum absolute atomic E-state index is 0.0269. The van der Waals surface area contributed by atoms with Gasteiger partial charge in [-0.25, -0.2) is 0 Å². The number of quaternary nitrogens is 1. The molecule has 0 amide bonds. The number of esters is 2. The Morgan fingerprint density at radius 2 is 0.593 bits per heavy atom. The third-order valence-corrected chi connectivity index (χ3v) is 19.4. The van der Waals surface area contributed by atoms with Gasteiger partial charge in [-0.2, -0.15) is 0 Å². The summed E-state index contributed by atoms with van der Waals surface area (Å²) in [7, 11) is 1.19. The van der Waals surface area contributed by atoms with Crippen molar-refractivity contribution >= 4 is 19.8 Å². The number of unbranched alkanes of at least 4 members (excludes halogenated alkanes) is 56. The Morgan fingerprint density at radius 3 is 0.879 bits per heavy atom. The van der Waals surface area contributed by atoms with Crippen LogP contribution < -0.4 is 4.89 Å². The van der Waals surface area contributed by atoms with Gasteiger partial charge in [0.2, 0.25) is 0 Å². The van der Waals surface area contributed by atoms with Crippen molar-refractivity contribution in [2.24, 2.45) is 0 Å². The van der Waals surface area contributed by atoms with Crippen LogP contribution in [0.3, 0.4) is 0 Å². The zero-order valence-corrected chi connectivity index (χ0v) is 62.5. The minimum Gasteiger partial charge on any atom is -0.756 e. The predicted octanol–water partition coefficient (Wildman–Crippen LogP) is 25.9. The molecule has 538 valence electrons. The fourth-order valence-electron chi connectivity index (χ4n) is 12.3. The van der Waals surface area contributed by atoms with Crippen molar-refractivity contribution in [1.82, 2.24) is 0 Å². The van der Waals surface area contributed by atoms with E-state index in [1.165, 1.54) is 340 Å². The Hall–Kier alpha value is -1.77. The van der Waals surface area contributed by atoms with Crippen molar-refractivity contribution in [3.05, 3.63) is 36.5 Å². The van der Waals surface area contributed by atoms with Gasteiger partial charge < -0.3 is 27.9 Å². The van der Waals surface area contributed by atoms with E-state index in [9.17, 15) is 19.0 Å². The van der Waals surface area contributed by atoms with Gasteiger partial charge in [0.15, 0.2) is 6.10 Å². The number of hydrogen-bond donors (Lipinski definition) is 0. The summed E-state index contributed by atoms with van der Waals surface area (Å²) in [6.07, 6.45) is 94.2. The van der Waals surface area contributed by atoms with Gasteiger partial charge in [0.1, 0.15) is 19.8 Å². The molecule has 0 rings (SSSR count). The maximum Gasteiger partial charge on any atom is 0.306 e. The lowest BCUT2D eigenvalue weighted by Gasteiger charge is -2.28. The minimum atomic E-state index is -4.64. The number of likely N-dealkylation sites (N-methyl/N-ethyl adjacent to an activating group) is 1. The van der Waals surface area contributed by atoms with Crippen LogP contribution in [0.25, 0.3) is 0 Å². The van der Waals surface area contributed by atoms with E-state index in [-0.39, 0.29) is 32.0 Å². The van der Waals surface area contributed by atoms with Gasteiger partial charge in [0.05, 0.1) is 27.7 Å². The first-order valence-electron chi connectivity index (χ1n) is 40.2. The van der Waals surface area contributed by atoms with E-state index in [0.717, 1.165) is 44.9 Å². The predicted molar refractivity (Wildman–Crippen MR) is 393 cm³/mol. The molecule has 2 unspecified atom stereocenters. The van der Waals surface area contributed by atoms with Crippen molar-refractivity contribution < 1.29 is 42.1 Å². The lowest BCUT2D eigenvalue weighted by atomic mass is 10.0. The molecule has 0 N–H and O–H groups in total. The van der Waals surface area contributed by atoms with Crippen LogP contribution in [0.4, 0.5) is 0 Å². The molecule has 0 radical (unpaired) electrons. The van der Waals surface area contributed by atoms with Crippen LogP contribution in [-0.2, 0) is 32.7 Å². The Kier molecular flexibility index (Phi) is 71.1. The molecule has 10 heteroatoms. The summed E-state index contributed by atoms with van der Waals surface area (Å²) < 4.78 is 34.4. The first-order valence-corrected chi connectivity index (χ1v) is 41.7. The summed E-state index contributed by atoms with van der Waals surface area (Å²) in [6.45, 7) is 4.32. The highest BCUT2D eigenvalue weighted by molar-refractivity contribution is 7.45. The second-order valence-corrected chi connectivity index (χ2v) is 30.2. The van der Waals surface area contributed by atoms with Crippen molar-refractivity contribution in [3.63, 3.8) is 0 Å². The largest absolute Gasteiger partial charge is 0.756 e. The highest BCUT2D eigenvalue weighted by Gasteiger charge is 2.22. The van der Waals surface area contributed by atoms with E-state index in [1.54, 1.807) is 0 Å². The van der Waals surface area contributed by atoms with Crippen LogP contribution >= 0.6 is 7.82 Å². The summed E-state index contributed by atoms with van der Waals surface area (Å²) in [5.74, 6) is -0.806. The van der Waals surface area contributed by atoms with Crippen molar-refractivity contribution in [2.75, 3.05) is 47.5 Å². The van der Waals surface area contributed by atoms with E-state index in [2.05, 4.69) is 50.3 Å². The normalized spacial score (nSPS) is 13.2. The summed E-state index contributed by atoms with van der Waals surface area (Å²) in [6, 6.07) is 0. The molecular weight excluding hydrogens is 1150 g/mol. The molecule has 2 atom stereocenters. The SMILES string of the molecule is CCCCCCC/C=C\C/C=C\C/C=C\CCCCCCCCCCCCCCCCCCCCCCCCC(=O)OC(COC(=O)CCCCCCCCCCCCCCCCCCCCCCCCCCCCCCCC)COP(=O)([O-])OCC[N+](C)(C)C. The molecule has 0 heterocycles. The zero-order chi connectivity index (χ0) is 66.2. The number of rotatable bonds is 76. The molecule has 91 heavy (non-hydrogen) atoms. The van der Waals surface area contributed by atoms with Gasteiger partial charge in [-0.1, -0.05) is 391 Å². The topological polar surface area (TPSA) is 111 Å². The number of ether oxygens (including phenoxy) is 2. The average Bonchev–Trinajstić information content (AvgIpc) is 3.69. The van der Waals surface area contributed by atoms with Crippen molar-refractivity contribution in [2.45, 2.75) is 424 Å². The monoisotopic (exact) mass is 1300 g/mol. The van der Waals surface area contributed by atoms with E-state index < -0.39 is 26.5 Å². The maximum absolute atomic E-state index is 12.9. The average molecular weight is 1300 g/mol. The standard InChI is InChI=1S/C81H156NO8P/c1-6-8-10-12-14-16-18-20-22-24-26-28-30-32-34-36-38-39-40-41-42-43-44-46-48-50-52-54-56-58-60-62-64-66-68-70-72-74-81(84)90-79(78-89-91(85,86)88-76-75-82(3,4)5)77-87-80(83)73-71-69-67-65-63-61-59-57-55-53-51-49-47-45-37-35-33-31-29-27-25-23-21-19-17-15-13-11-9-7-2/h18,20,24,26,30,32,79H,6-17,19,21-23,25,27-29,31,33-78H2,1-5H3/b20-18-,26-24-,32-30-. The van der Waals surface area contributed by atoms with Crippen LogP contribution in [0.15, 0.2) is 36.5 Å². The van der Waals surface area contributed by atoms with Gasteiger partial charge in [0, 0.05) is 12.8 Å². The summed E-state index contributed by atoms with van der Waals surface area (Å²) in [4.78, 5) is 38.2. The Bertz CT molecular complexity index is 1630. The van der Waals surface area contributed by atoms with Crippen LogP contribution in [0, 0.1) is 0 Å². The van der Waals surface area contributed by atoms with Gasteiger partial charge in [-0.15, -0.1) is 0 Å². The molecule has 0 aliphatic carbocycles. The molecule has 0 aromatic carbocycles. The second kappa shape index (κ2) is 72.5. The highest BCUT2D eigenvalue weighted by atomic mass is 31.2. The fraction of sp³-hybridized carbons (Fsp3) is 0.901. The molecule has 0 aromatic heterocycles. The number of carbonyl (C=O) groups excluding carboxylic acids is 2. The molecule has 0 spiro atoms. The van der Waals surface area contributed by atoms with E-state index >= 15 is 0 Å². The summed E-state index contributed by atoms with van der Waals surface area (Å²) >= 11 is 0. The quantitative estimate of drug-likeness (QED) is 0.0195. The lowest BCUT2D eigenvalue weighted by molar-refractivity contribution is -0.870. The van der Waals surface area contributed by atoms with E-state index in [4.69, 9.17) is 18.5 Å². The first-order chi connectivity index (χ1) is 44.5. The van der Waals surface area contributed by atoms with E-state index in [0.29, 0.717) is 17.4 Å². The fourth-order valence-corrected chi connectivity index (χ4v) is 13.0. The number of carbonyl (C=O) groups is 2. The third kappa shape index (κ3) is 77.1. The van der Waals surface area contributed by atoms with Crippen LogP contribution in [-0.4, -0.2) is 70.0 Å². The third-order valence-electron chi connectivity index (χ3n) is 18.4. The Morgan fingerprint density at radius 1 is 0.341 bits per heavy atom. The molecule has 0 aliphatic rings. The first kappa shape index (κ1) is 89.2. The molecule has 0 bridgehead atoms. The van der Waals surface area contributed by atoms with Crippen LogP contribution in [0.5, 0.6) is 0 Å². The number of hydrogen-bond acceptors (Lipinski definition) is 8. The molecule has 0 saturated heterocycles. The van der Waals surface area contributed by atoms with Gasteiger partial charge in [-0.05, 0) is 51.4 Å². The number of phosphoric ester groups is 1. The summed E-state index contributed by atoms with van der Waals surface area (Å²) in [5, 5.41) is 0.